The summed E-state index contributed by atoms with van der Waals surface area (Å²) < 4.78 is 2.22. The van der Waals surface area contributed by atoms with Gasteiger partial charge in [-0.25, -0.2) is 4.98 Å². The molecule has 4 rings (SSSR count). The van der Waals surface area contributed by atoms with Crippen LogP contribution in [0.5, 0.6) is 0 Å². The lowest BCUT2D eigenvalue weighted by Crippen LogP contribution is -2.14. The van der Waals surface area contributed by atoms with Crippen molar-refractivity contribution in [2.24, 2.45) is 0 Å². The van der Waals surface area contributed by atoms with Crippen LogP contribution in [0.2, 0.25) is 0 Å². The third-order valence-corrected chi connectivity index (χ3v) is 7.10. The van der Waals surface area contributed by atoms with Gasteiger partial charge in [-0.05, 0) is 23.1 Å². The number of thioether (sulfide) groups is 1. The molecule has 0 saturated carbocycles. The van der Waals surface area contributed by atoms with E-state index in [1.54, 1.807) is 6.20 Å². The van der Waals surface area contributed by atoms with Crippen LogP contribution < -0.4 is 10.9 Å². The number of amides is 1. The quantitative estimate of drug-likeness (QED) is 0.352. The third kappa shape index (κ3) is 4.61. The molecule has 0 atom stereocenters. The lowest BCUT2D eigenvalue weighted by molar-refractivity contribution is 0.102. The number of nitrogens with one attached hydrogen (secondary N) is 1. The number of nitrogens with zero attached hydrogens (tertiary/aromatic N) is 4. The summed E-state index contributed by atoms with van der Waals surface area (Å²) in [7, 11) is 0. The number of carbonyl (C=O) groups is 1. The Labute approximate surface area is 185 Å². The smallest absolute Gasteiger partial charge is 0.258 e. The highest BCUT2D eigenvalue weighted by Crippen LogP contribution is 2.28. The molecule has 4 aromatic rings. The van der Waals surface area contributed by atoms with Crippen molar-refractivity contribution in [2.75, 3.05) is 5.32 Å². The molecule has 154 valence electrons. The molecule has 1 amide bonds. The number of aromatic nitrogens is 4. The van der Waals surface area contributed by atoms with E-state index >= 15 is 0 Å². The highest BCUT2D eigenvalue weighted by atomic mass is 32.2. The normalized spacial score (nSPS) is 11.7. The topological polar surface area (TPSA) is 89.2 Å². The number of anilines is 1. The summed E-state index contributed by atoms with van der Waals surface area (Å²) in [5.74, 6) is 0.279. The number of hydrogen-bond acceptors (Lipinski definition) is 8. The Morgan fingerprint density at radius 2 is 1.97 bits per heavy atom. The van der Waals surface area contributed by atoms with Crippen LogP contribution in [0.1, 0.15) is 42.4 Å². The van der Waals surface area contributed by atoms with Crippen LogP contribution in [-0.4, -0.2) is 25.5 Å². The summed E-state index contributed by atoms with van der Waals surface area (Å²) in [6, 6.07) is 9.10. The molecule has 1 aromatic carbocycles. The second kappa shape index (κ2) is 8.29. The summed E-state index contributed by atoms with van der Waals surface area (Å²) in [6.07, 6.45) is 1.71. The molecule has 1 N–H and O–H groups in total. The third-order valence-electron chi connectivity index (χ3n) is 4.34. The second-order valence-electron chi connectivity index (χ2n) is 7.58. The molecular weight excluding hydrogens is 438 g/mol. The Morgan fingerprint density at radius 1 is 1.20 bits per heavy atom. The first-order chi connectivity index (χ1) is 14.3. The number of rotatable bonds is 5. The van der Waals surface area contributed by atoms with Gasteiger partial charge < -0.3 is 0 Å². The van der Waals surface area contributed by atoms with Crippen molar-refractivity contribution in [3.8, 4) is 0 Å². The molecule has 0 aliphatic heterocycles. The van der Waals surface area contributed by atoms with Gasteiger partial charge >= 0.3 is 0 Å². The minimum absolute atomic E-state index is 0.0365. The number of hydrogen-bond donors (Lipinski definition) is 1. The average molecular weight is 458 g/mol. The Morgan fingerprint density at radius 3 is 2.70 bits per heavy atom. The van der Waals surface area contributed by atoms with Gasteiger partial charge in [0.15, 0.2) is 9.30 Å². The van der Waals surface area contributed by atoms with E-state index in [4.69, 9.17) is 0 Å². The van der Waals surface area contributed by atoms with Crippen LogP contribution in [-0.2, 0) is 11.2 Å². The zero-order chi connectivity index (χ0) is 21.3. The molecule has 10 heteroatoms. The van der Waals surface area contributed by atoms with Crippen molar-refractivity contribution >= 4 is 50.4 Å². The molecule has 30 heavy (non-hydrogen) atoms. The van der Waals surface area contributed by atoms with Crippen molar-refractivity contribution in [2.45, 2.75) is 36.3 Å². The van der Waals surface area contributed by atoms with Gasteiger partial charge in [-0.3, -0.25) is 19.3 Å². The molecule has 0 bridgehead atoms. The van der Waals surface area contributed by atoms with Crippen molar-refractivity contribution in [3.05, 3.63) is 69.1 Å². The fourth-order valence-corrected chi connectivity index (χ4v) is 5.09. The van der Waals surface area contributed by atoms with Gasteiger partial charge in [-0.15, -0.1) is 21.5 Å². The molecule has 7 nitrogen and oxygen atoms in total. The van der Waals surface area contributed by atoms with Crippen LogP contribution in [0.25, 0.3) is 4.96 Å². The predicted octanol–water partition coefficient (Wildman–Crippen LogP) is 4.45. The van der Waals surface area contributed by atoms with Gasteiger partial charge in [0.05, 0.1) is 5.69 Å². The van der Waals surface area contributed by atoms with Crippen LogP contribution >= 0.6 is 34.4 Å². The van der Waals surface area contributed by atoms with Crippen molar-refractivity contribution < 1.29 is 4.79 Å². The first-order valence-electron chi connectivity index (χ1n) is 9.13. The van der Waals surface area contributed by atoms with Gasteiger partial charge in [0.25, 0.3) is 11.5 Å². The average Bonchev–Trinajstić information content (AvgIpc) is 3.35. The zero-order valence-electron chi connectivity index (χ0n) is 16.6. The van der Waals surface area contributed by atoms with Crippen LogP contribution in [0, 0.1) is 0 Å². The predicted molar refractivity (Wildman–Crippen MR) is 122 cm³/mol. The van der Waals surface area contributed by atoms with Gasteiger partial charge in [0.2, 0.25) is 5.13 Å². The highest BCUT2D eigenvalue weighted by Gasteiger charge is 2.15. The maximum absolute atomic E-state index is 12.5. The Hall–Kier alpha value is -2.56. The summed E-state index contributed by atoms with van der Waals surface area (Å²) in [5.41, 5.74) is 2.37. The first-order valence-corrected chi connectivity index (χ1v) is 11.8. The lowest BCUT2D eigenvalue weighted by atomic mass is 9.87. The summed E-state index contributed by atoms with van der Waals surface area (Å²) in [5, 5.41) is 13.2. The van der Waals surface area contributed by atoms with E-state index in [0.717, 1.165) is 0 Å². The molecule has 0 fully saturated rings. The van der Waals surface area contributed by atoms with E-state index in [1.165, 1.54) is 50.5 Å². The molecule has 3 aromatic heterocycles. The van der Waals surface area contributed by atoms with Gasteiger partial charge in [-0.1, -0.05) is 56.0 Å². The van der Waals surface area contributed by atoms with E-state index < -0.39 is 0 Å². The lowest BCUT2D eigenvalue weighted by Gasteiger charge is -2.18. The van der Waals surface area contributed by atoms with Crippen LogP contribution in [0.15, 0.2) is 51.0 Å². The largest absolute Gasteiger partial charge is 0.296 e. The monoisotopic (exact) mass is 457 g/mol. The van der Waals surface area contributed by atoms with Crippen LogP contribution in [0.3, 0.4) is 0 Å². The van der Waals surface area contributed by atoms with Gasteiger partial charge in [0.1, 0.15) is 0 Å². The zero-order valence-corrected chi connectivity index (χ0v) is 19.0. The van der Waals surface area contributed by atoms with E-state index in [2.05, 4.69) is 41.3 Å². The number of thiazole rings is 1. The SMILES string of the molecule is CC(C)(C)c1ccc(C(=O)Nc2nnc(SCc3cc(=O)n4ccsc4n3)s2)cc1. The van der Waals surface area contributed by atoms with Gasteiger partial charge in [-0.2, -0.15) is 0 Å². The second-order valence-corrected chi connectivity index (χ2v) is 10.7. The number of carbonyl (C=O) groups excluding carboxylic acids is 1. The van der Waals surface area contributed by atoms with Crippen molar-refractivity contribution in [3.63, 3.8) is 0 Å². The van der Waals surface area contributed by atoms with Gasteiger partial charge in [0, 0.05) is 29.0 Å². The Bertz CT molecular complexity index is 1250. The molecule has 0 aliphatic rings. The highest BCUT2D eigenvalue weighted by molar-refractivity contribution is 8.00. The van der Waals surface area contributed by atoms with Crippen molar-refractivity contribution in [1.82, 2.24) is 19.6 Å². The summed E-state index contributed by atoms with van der Waals surface area (Å²) in [4.78, 5) is 29.7. The van der Waals surface area contributed by atoms with E-state index in [9.17, 15) is 9.59 Å². The fraction of sp³-hybridized carbons (Fsp3) is 0.250. The van der Waals surface area contributed by atoms with Crippen molar-refractivity contribution in [1.29, 1.82) is 0 Å². The molecule has 0 radical (unpaired) electrons. The molecule has 3 heterocycles. The number of benzene rings is 1. The first kappa shape index (κ1) is 20.7. The Balaban J connectivity index is 1.38. The minimum atomic E-state index is -0.221. The molecule has 0 unspecified atom stereocenters. The number of fused-ring (bicyclic) bond motifs is 1. The maximum Gasteiger partial charge on any atom is 0.258 e. The van der Waals surface area contributed by atoms with E-state index in [1.807, 2.05) is 29.6 Å². The Kier molecular flexibility index (Phi) is 5.72. The van der Waals surface area contributed by atoms with E-state index in [0.29, 0.717) is 31.4 Å². The minimum Gasteiger partial charge on any atom is -0.296 e. The summed E-state index contributed by atoms with van der Waals surface area (Å²) in [6.45, 7) is 6.40. The standard InChI is InChI=1S/C20H19N5O2S3/c1-20(2,3)13-6-4-12(5-7-13)16(27)22-17-23-24-19(30-17)29-11-14-10-15(26)25-8-9-28-18(25)21-14/h4-10H,11H2,1-3H3,(H,22,23,27). The molecular formula is C20H19N5O2S3. The molecule has 0 aliphatic carbocycles. The molecule has 0 spiro atoms. The maximum atomic E-state index is 12.5. The fourth-order valence-electron chi connectivity index (χ4n) is 2.71. The molecule has 0 saturated heterocycles. The van der Waals surface area contributed by atoms with E-state index in [-0.39, 0.29) is 16.9 Å². The summed E-state index contributed by atoms with van der Waals surface area (Å²) >= 11 is 4.14. The van der Waals surface area contributed by atoms with Crippen LogP contribution in [0.4, 0.5) is 5.13 Å².